The maximum Gasteiger partial charge on any atom is 0.229 e. The van der Waals surface area contributed by atoms with Gasteiger partial charge in [0.1, 0.15) is 0 Å². The van der Waals surface area contributed by atoms with Gasteiger partial charge in [-0.15, -0.1) is 0 Å². The number of nitrogens with one attached hydrogen (secondary N) is 2. The molecule has 1 aromatic carbocycles. The SMILES string of the molecule is CS(=O)(=O)Nc1ccc(NC2CCN3CCCC3C2)cc1. The molecule has 5 nitrogen and oxygen atoms in total. The van der Waals surface area contributed by atoms with Gasteiger partial charge in [-0.3, -0.25) is 4.72 Å². The topological polar surface area (TPSA) is 61.4 Å². The fourth-order valence-electron chi connectivity index (χ4n) is 3.44. The first-order valence-electron chi connectivity index (χ1n) is 7.58. The van der Waals surface area contributed by atoms with Crippen LogP contribution in [-0.4, -0.2) is 44.7 Å². The van der Waals surface area contributed by atoms with E-state index in [1.54, 1.807) is 12.1 Å². The van der Waals surface area contributed by atoms with Gasteiger partial charge in [-0.1, -0.05) is 0 Å². The Hall–Kier alpha value is -1.27. The number of hydrogen-bond acceptors (Lipinski definition) is 4. The molecule has 1 aromatic rings. The largest absolute Gasteiger partial charge is 0.382 e. The minimum absolute atomic E-state index is 0.526. The first-order valence-corrected chi connectivity index (χ1v) is 9.47. The first-order chi connectivity index (χ1) is 9.99. The Morgan fingerprint density at radius 3 is 2.52 bits per heavy atom. The van der Waals surface area contributed by atoms with E-state index in [1.165, 1.54) is 38.8 Å². The van der Waals surface area contributed by atoms with Crippen LogP contribution in [0.3, 0.4) is 0 Å². The molecule has 2 aliphatic rings. The van der Waals surface area contributed by atoms with Crippen molar-refractivity contribution in [2.45, 2.75) is 37.8 Å². The summed E-state index contributed by atoms with van der Waals surface area (Å²) in [6.07, 6.45) is 6.22. The maximum atomic E-state index is 11.2. The summed E-state index contributed by atoms with van der Waals surface area (Å²) in [7, 11) is -3.20. The van der Waals surface area contributed by atoms with Crippen molar-refractivity contribution in [2.75, 3.05) is 29.4 Å². The number of fused-ring (bicyclic) bond motifs is 1. The zero-order chi connectivity index (χ0) is 14.9. The highest BCUT2D eigenvalue weighted by Crippen LogP contribution is 2.28. The lowest BCUT2D eigenvalue weighted by Gasteiger charge is -2.35. The highest BCUT2D eigenvalue weighted by Gasteiger charge is 2.31. The zero-order valence-electron chi connectivity index (χ0n) is 12.4. The lowest BCUT2D eigenvalue weighted by atomic mass is 9.97. The molecule has 2 aliphatic heterocycles. The number of rotatable bonds is 4. The number of nitrogens with zero attached hydrogens (tertiary/aromatic N) is 1. The van der Waals surface area contributed by atoms with Crippen LogP contribution in [0, 0.1) is 0 Å². The Kier molecular flexibility index (Phi) is 4.08. The number of sulfonamides is 1. The summed E-state index contributed by atoms with van der Waals surface area (Å²) >= 11 is 0. The molecule has 0 bridgehead atoms. The summed E-state index contributed by atoms with van der Waals surface area (Å²) < 4.78 is 24.8. The third-order valence-electron chi connectivity index (χ3n) is 4.38. The fraction of sp³-hybridized carbons (Fsp3) is 0.600. The van der Waals surface area contributed by atoms with E-state index in [0.29, 0.717) is 11.7 Å². The third-order valence-corrected chi connectivity index (χ3v) is 4.99. The molecule has 0 saturated carbocycles. The molecule has 2 atom stereocenters. The number of benzene rings is 1. The molecule has 6 heteroatoms. The van der Waals surface area contributed by atoms with Gasteiger partial charge in [0.25, 0.3) is 0 Å². The van der Waals surface area contributed by atoms with Crippen molar-refractivity contribution >= 4 is 21.4 Å². The second-order valence-corrected chi connectivity index (χ2v) is 7.90. The van der Waals surface area contributed by atoms with E-state index in [1.807, 2.05) is 12.1 Å². The van der Waals surface area contributed by atoms with Crippen molar-refractivity contribution in [3.05, 3.63) is 24.3 Å². The van der Waals surface area contributed by atoms with Gasteiger partial charge in [0.15, 0.2) is 0 Å². The van der Waals surface area contributed by atoms with Crippen molar-refractivity contribution in [1.29, 1.82) is 0 Å². The summed E-state index contributed by atoms with van der Waals surface area (Å²) in [4.78, 5) is 2.61. The van der Waals surface area contributed by atoms with E-state index >= 15 is 0 Å². The highest BCUT2D eigenvalue weighted by molar-refractivity contribution is 7.92. The van der Waals surface area contributed by atoms with E-state index in [9.17, 15) is 8.42 Å². The van der Waals surface area contributed by atoms with Crippen LogP contribution in [0.4, 0.5) is 11.4 Å². The maximum absolute atomic E-state index is 11.2. The van der Waals surface area contributed by atoms with E-state index < -0.39 is 10.0 Å². The second-order valence-electron chi connectivity index (χ2n) is 6.15. The minimum atomic E-state index is -3.20. The molecular weight excluding hydrogens is 286 g/mol. The Morgan fingerprint density at radius 1 is 1.10 bits per heavy atom. The third kappa shape index (κ3) is 3.89. The fourth-order valence-corrected chi connectivity index (χ4v) is 4.00. The predicted octanol–water partition coefficient (Wildman–Crippen LogP) is 2.10. The smallest absolute Gasteiger partial charge is 0.229 e. The second kappa shape index (κ2) is 5.85. The zero-order valence-corrected chi connectivity index (χ0v) is 13.2. The number of anilines is 2. The normalized spacial score (nSPS) is 26.3. The highest BCUT2D eigenvalue weighted by atomic mass is 32.2. The molecule has 0 aliphatic carbocycles. The molecule has 0 spiro atoms. The lowest BCUT2D eigenvalue weighted by Crippen LogP contribution is -2.42. The molecule has 116 valence electrons. The summed E-state index contributed by atoms with van der Waals surface area (Å²) in [5, 5.41) is 3.58. The Labute approximate surface area is 126 Å². The van der Waals surface area contributed by atoms with Gasteiger partial charge in [-0.25, -0.2) is 8.42 Å². The molecule has 2 N–H and O–H groups in total. The van der Waals surface area contributed by atoms with Gasteiger partial charge >= 0.3 is 0 Å². The minimum Gasteiger partial charge on any atom is -0.382 e. The summed E-state index contributed by atoms with van der Waals surface area (Å²) in [5.74, 6) is 0. The average Bonchev–Trinajstić information content (AvgIpc) is 2.87. The molecule has 2 fully saturated rings. The van der Waals surface area contributed by atoms with Crippen molar-refractivity contribution in [2.24, 2.45) is 0 Å². The predicted molar refractivity (Wildman–Crippen MR) is 86.1 cm³/mol. The average molecular weight is 309 g/mol. The molecule has 0 radical (unpaired) electrons. The monoisotopic (exact) mass is 309 g/mol. The molecule has 0 aromatic heterocycles. The van der Waals surface area contributed by atoms with Gasteiger partial charge in [0, 0.05) is 30.0 Å². The van der Waals surface area contributed by atoms with Crippen LogP contribution in [0.25, 0.3) is 0 Å². The Morgan fingerprint density at radius 2 is 1.81 bits per heavy atom. The molecule has 0 amide bonds. The Bertz CT molecular complexity index is 585. The molecule has 2 heterocycles. The number of piperidine rings is 1. The number of hydrogen-bond donors (Lipinski definition) is 2. The summed E-state index contributed by atoms with van der Waals surface area (Å²) in [6, 6.07) is 8.76. The summed E-state index contributed by atoms with van der Waals surface area (Å²) in [5.41, 5.74) is 1.67. The van der Waals surface area contributed by atoms with Crippen molar-refractivity contribution < 1.29 is 8.42 Å². The van der Waals surface area contributed by atoms with Crippen molar-refractivity contribution in [1.82, 2.24) is 4.90 Å². The molecule has 2 unspecified atom stereocenters. The van der Waals surface area contributed by atoms with E-state index in [0.717, 1.165) is 18.0 Å². The van der Waals surface area contributed by atoms with Gasteiger partial charge in [0.05, 0.1) is 6.26 Å². The van der Waals surface area contributed by atoms with Crippen LogP contribution in [0.15, 0.2) is 24.3 Å². The van der Waals surface area contributed by atoms with Crippen molar-refractivity contribution in [3.8, 4) is 0 Å². The van der Waals surface area contributed by atoms with Crippen molar-refractivity contribution in [3.63, 3.8) is 0 Å². The van der Waals surface area contributed by atoms with Gasteiger partial charge in [-0.05, 0) is 56.5 Å². The molecular formula is C15H23N3O2S. The lowest BCUT2D eigenvalue weighted by molar-refractivity contribution is 0.188. The van der Waals surface area contributed by atoms with Crippen LogP contribution in [0.2, 0.25) is 0 Å². The molecule has 2 saturated heterocycles. The van der Waals surface area contributed by atoms with E-state index in [-0.39, 0.29) is 0 Å². The standard InChI is InChI=1S/C15H23N3O2S/c1-21(19,20)17-13-6-4-12(5-7-13)16-14-8-10-18-9-2-3-15(18)11-14/h4-7,14-17H,2-3,8-11H2,1H3. The Balaban J connectivity index is 1.58. The van der Waals surface area contributed by atoms with Gasteiger partial charge < -0.3 is 10.2 Å². The van der Waals surface area contributed by atoms with E-state index in [4.69, 9.17) is 0 Å². The van der Waals surface area contributed by atoms with Crippen LogP contribution in [-0.2, 0) is 10.0 Å². The van der Waals surface area contributed by atoms with Crippen LogP contribution >= 0.6 is 0 Å². The first kappa shape index (κ1) is 14.7. The molecule has 21 heavy (non-hydrogen) atoms. The van der Waals surface area contributed by atoms with Crippen LogP contribution in [0.1, 0.15) is 25.7 Å². The molecule has 3 rings (SSSR count). The summed E-state index contributed by atoms with van der Waals surface area (Å²) in [6.45, 7) is 2.46. The van der Waals surface area contributed by atoms with Crippen LogP contribution < -0.4 is 10.0 Å². The van der Waals surface area contributed by atoms with Crippen LogP contribution in [0.5, 0.6) is 0 Å². The van der Waals surface area contributed by atoms with Gasteiger partial charge in [-0.2, -0.15) is 0 Å². The van der Waals surface area contributed by atoms with E-state index in [2.05, 4.69) is 14.9 Å². The van der Waals surface area contributed by atoms with Gasteiger partial charge in [0.2, 0.25) is 10.0 Å². The quantitative estimate of drug-likeness (QED) is 0.894.